The van der Waals surface area contributed by atoms with Gasteiger partial charge in [0.15, 0.2) is 23.0 Å². The van der Waals surface area contributed by atoms with Crippen LogP contribution in [0.2, 0.25) is 0 Å². The summed E-state index contributed by atoms with van der Waals surface area (Å²) < 4.78 is 34.5. The van der Waals surface area contributed by atoms with E-state index >= 15 is 0 Å². The van der Waals surface area contributed by atoms with Crippen molar-refractivity contribution >= 4 is 11.8 Å². The van der Waals surface area contributed by atoms with Gasteiger partial charge in [-0.25, -0.2) is 0 Å². The molecule has 0 saturated carbocycles. The van der Waals surface area contributed by atoms with Crippen LogP contribution in [-0.2, 0) is 0 Å². The number of rotatable bonds is 14. The van der Waals surface area contributed by atoms with Gasteiger partial charge in [0.25, 0.3) is 0 Å². The van der Waals surface area contributed by atoms with E-state index in [1.165, 1.54) is 11.8 Å². The van der Waals surface area contributed by atoms with Gasteiger partial charge in [-0.2, -0.15) is 0 Å². The molecule has 0 unspecified atom stereocenters. The van der Waals surface area contributed by atoms with Crippen LogP contribution in [0.4, 0.5) is 0 Å². The van der Waals surface area contributed by atoms with E-state index in [4.69, 9.17) is 28.4 Å². The van der Waals surface area contributed by atoms with E-state index in [-0.39, 0.29) is 34.5 Å². The van der Waals surface area contributed by atoms with Crippen molar-refractivity contribution in [1.82, 2.24) is 0 Å². The molecule has 2 aromatic carbocycles. The molecule has 0 atom stereocenters. The van der Waals surface area contributed by atoms with Gasteiger partial charge in [0.05, 0.1) is 49.4 Å². The van der Waals surface area contributed by atoms with Gasteiger partial charge in [-0.1, -0.05) is 11.8 Å². The largest absolute Gasteiger partial charge is 0.502 e. The van der Waals surface area contributed by atoms with Crippen LogP contribution in [0.15, 0.2) is 21.9 Å². The Balaban J connectivity index is 2.75. The third-order valence-corrected chi connectivity index (χ3v) is 5.30. The Kier molecular flexibility index (Phi) is 10.4. The first-order chi connectivity index (χ1) is 16.0. The van der Waals surface area contributed by atoms with Crippen LogP contribution < -0.4 is 28.4 Å². The molecule has 184 valence electrons. The molecule has 0 heterocycles. The molecule has 2 rings (SSSR count). The summed E-state index contributed by atoms with van der Waals surface area (Å²) in [5.41, 5.74) is 0. The van der Waals surface area contributed by atoms with Crippen LogP contribution in [-0.4, -0.2) is 49.9 Å². The average molecular weight is 483 g/mol. The van der Waals surface area contributed by atoms with Gasteiger partial charge in [0.2, 0.25) is 23.0 Å². The molecule has 0 aromatic heterocycles. The molecule has 0 radical (unpaired) electrons. The summed E-state index contributed by atoms with van der Waals surface area (Å²) in [6.07, 6.45) is 0. The SMILES string of the molecule is CCOc1cc(Sc2cc(OCC)c(O)c(OCC)c2OCC)c(OCC)c(OCC)c1O. The molecule has 0 saturated heterocycles. The van der Waals surface area contributed by atoms with Crippen LogP contribution >= 0.6 is 11.8 Å². The summed E-state index contributed by atoms with van der Waals surface area (Å²) in [7, 11) is 0. The second-order valence-corrected chi connectivity index (χ2v) is 7.54. The van der Waals surface area contributed by atoms with Crippen molar-refractivity contribution < 1.29 is 38.6 Å². The molecule has 0 spiro atoms. The standard InChI is InChI=1S/C24H34O8S/c1-7-27-15-13-17(21(29-9-3)23(19(15)25)31-11-5)33-18-14-16(28-8-2)20(26)24(32-12-6)22(18)30-10-4/h13-14,25-26H,7-12H2,1-6H3. The number of hydrogen-bond acceptors (Lipinski definition) is 9. The Labute approximate surface area is 199 Å². The molecule has 33 heavy (non-hydrogen) atoms. The molecular formula is C24H34O8S. The van der Waals surface area contributed by atoms with Crippen LogP contribution in [0.1, 0.15) is 41.5 Å². The maximum absolute atomic E-state index is 10.7. The number of hydrogen-bond donors (Lipinski definition) is 2. The number of phenolic OH excluding ortho intramolecular Hbond substituents is 2. The molecule has 2 aromatic rings. The van der Waals surface area contributed by atoms with E-state index in [0.717, 1.165) is 0 Å². The zero-order valence-corrected chi connectivity index (χ0v) is 21.0. The van der Waals surface area contributed by atoms with Crippen molar-refractivity contribution in [3.63, 3.8) is 0 Å². The summed E-state index contributed by atoms with van der Waals surface area (Å²) in [6, 6.07) is 3.39. The zero-order chi connectivity index (χ0) is 24.4. The van der Waals surface area contributed by atoms with E-state index in [0.29, 0.717) is 60.9 Å². The third kappa shape index (κ3) is 6.16. The van der Waals surface area contributed by atoms with Crippen LogP contribution in [0.3, 0.4) is 0 Å². The van der Waals surface area contributed by atoms with Gasteiger partial charge in [0, 0.05) is 12.1 Å². The highest BCUT2D eigenvalue weighted by Crippen LogP contribution is 2.55. The highest BCUT2D eigenvalue weighted by molar-refractivity contribution is 7.99. The predicted octanol–water partition coefficient (Wildman–Crippen LogP) is 5.64. The van der Waals surface area contributed by atoms with Crippen LogP contribution in [0, 0.1) is 0 Å². The van der Waals surface area contributed by atoms with Crippen molar-refractivity contribution in [1.29, 1.82) is 0 Å². The Bertz CT molecular complexity index is 843. The second-order valence-electron chi connectivity index (χ2n) is 6.46. The first kappa shape index (κ1) is 26.4. The lowest BCUT2D eigenvalue weighted by Crippen LogP contribution is -2.04. The summed E-state index contributed by atoms with van der Waals surface area (Å²) in [4.78, 5) is 1.27. The van der Waals surface area contributed by atoms with Gasteiger partial charge < -0.3 is 38.6 Å². The van der Waals surface area contributed by atoms with Gasteiger partial charge in [-0.15, -0.1) is 0 Å². The van der Waals surface area contributed by atoms with Crippen LogP contribution in [0.5, 0.6) is 46.0 Å². The van der Waals surface area contributed by atoms with Crippen LogP contribution in [0.25, 0.3) is 0 Å². The van der Waals surface area contributed by atoms with Crippen molar-refractivity contribution in [2.75, 3.05) is 39.6 Å². The molecular weight excluding hydrogens is 448 g/mol. The Morgan fingerprint density at radius 1 is 0.515 bits per heavy atom. The lowest BCUT2D eigenvalue weighted by atomic mass is 10.2. The van der Waals surface area contributed by atoms with Crippen molar-refractivity contribution in [3.8, 4) is 46.0 Å². The molecule has 0 fully saturated rings. The monoisotopic (exact) mass is 482 g/mol. The first-order valence-corrected chi connectivity index (χ1v) is 12.0. The second kappa shape index (κ2) is 13.0. The Morgan fingerprint density at radius 3 is 1.12 bits per heavy atom. The van der Waals surface area contributed by atoms with Gasteiger partial charge in [-0.3, -0.25) is 0 Å². The van der Waals surface area contributed by atoms with Gasteiger partial charge >= 0.3 is 0 Å². The quantitative estimate of drug-likeness (QED) is 0.354. The predicted molar refractivity (Wildman–Crippen MR) is 127 cm³/mol. The normalized spacial score (nSPS) is 10.6. The topological polar surface area (TPSA) is 95.8 Å². The molecule has 9 heteroatoms. The summed E-state index contributed by atoms with van der Waals surface area (Å²) in [6.45, 7) is 13.1. The molecule has 0 bridgehead atoms. The lowest BCUT2D eigenvalue weighted by Gasteiger charge is -2.21. The number of phenols is 2. The molecule has 2 N–H and O–H groups in total. The third-order valence-electron chi connectivity index (χ3n) is 4.26. The Morgan fingerprint density at radius 2 is 0.818 bits per heavy atom. The average Bonchev–Trinajstić information content (AvgIpc) is 2.79. The Hall–Kier alpha value is -2.81. The van der Waals surface area contributed by atoms with Gasteiger partial charge in [0.1, 0.15) is 0 Å². The van der Waals surface area contributed by atoms with Crippen molar-refractivity contribution in [2.24, 2.45) is 0 Å². The van der Waals surface area contributed by atoms with E-state index in [1.54, 1.807) is 12.1 Å². The van der Waals surface area contributed by atoms with E-state index in [1.807, 2.05) is 41.5 Å². The molecule has 0 aliphatic heterocycles. The first-order valence-electron chi connectivity index (χ1n) is 11.2. The highest BCUT2D eigenvalue weighted by Gasteiger charge is 2.26. The summed E-state index contributed by atoms with van der Waals surface area (Å²) >= 11 is 1.31. The number of ether oxygens (including phenoxy) is 6. The fraction of sp³-hybridized carbons (Fsp3) is 0.500. The van der Waals surface area contributed by atoms with E-state index in [9.17, 15) is 10.2 Å². The smallest absolute Gasteiger partial charge is 0.208 e. The van der Waals surface area contributed by atoms with E-state index in [2.05, 4.69) is 0 Å². The maximum Gasteiger partial charge on any atom is 0.208 e. The molecule has 0 amide bonds. The fourth-order valence-corrected chi connectivity index (χ4v) is 4.15. The summed E-state index contributed by atoms with van der Waals surface area (Å²) in [5, 5.41) is 21.4. The molecule has 0 aliphatic rings. The van der Waals surface area contributed by atoms with Crippen molar-refractivity contribution in [2.45, 2.75) is 51.3 Å². The number of benzene rings is 2. The van der Waals surface area contributed by atoms with Gasteiger partial charge in [-0.05, 0) is 41.5 Å². The molecule has 8 nitrogen and oxygen atoms in total. The minimum atomic E-state index is -0.118. The highest BCUT2D eigenvalue weighted by atomic mass is 32.2. The van der Waals surface area contributed by atoms with E-state index < -0.39 is 0 Å². The lowest BCUT2D eigenvalue weighted by molar-refractivity contribution is 0.256. The van der Waals surface area contributed by atoms with Crippen molar-refractivity contribution in [3.05, 3.63) is 12.1 Å². The minimum Gasteiger partial charge on any atom is -0.502 e. The fourth-order valence-electron chi connectivity index (χ4n) is 3.09. The zero-order valence-electron chi connectivity index (χ0n) is 20.1. The summed E-state index contributed by atoms with van der Waals surface area (Å²) in [5.74, 6) is 1.50. The molecule has 0 aliphatic carbocycles. The maximum atomic E-state index is 10.7. The minimum absolute atomic E-state index is 0.118. The number of aromatic hydroxyl groups is 2.